The fourth-order valence-corrected chi connectivity index (χ4v) is 7.47. The topological polar surface area (TPSA) is 53.9 Å². The number of fused-ring (bicyclic) bond motifs is 4. The monoisotopic (exact) mass is 363 g/mol. The molecular weight excluding hydrogens is 338 g/mol. The number of nitrogens with zero attached hydrogens (tertiary/aromatic N) is 2. The first-order valence-electron chi connectivity index (χ1n) is 9.97. The van der Waals surface area contributed by atoms with E-state index in [1.807, 2.05) is 0 Å². The Morgan fingerprint density at radius 3 is 3.04 bits per heavy atom. The normalized spacial score (nSPS) is 45.9. The maximum atomic E-state index is 12.2. The number of para-hydroxylation sites is 1. The highest BCUT2D eigenvalue weighted by molar-refractivity contribution is 6.07. The van der Waals surface area contributed by atoms with E-state index in [0.29, 0.717) is 17.9 Å². The van der Waals surface area contributed by atoms with E-state index in [0.717, 1.165) is 25.1 Å². The van der Waals surface area contributed by atoms with Crippen molar-refractivity contribution in [3.63, 3.8) is 0 Å². The van der Waals surface area contributed by atoms with Crippen molar-refractivity contribution in [3.05, 3.63) is 42.5 Å². The minimum atomic E-state index is -0.265. The van der Waals surface area contributed by atoms with Gasteiger partial charge in [-0.1, -0.05) is 24.3 Å². The van der Waals surface area contributed by atoms with Gasteiger partial charge in [-0.15, -0.1) is 6.58 Å². The van der Waals surface area contributed by atoms with Crippen LogP contribution < -0.4 is 5.32 Å². The number of ether oxygens (including phenoxy) is 1. The highest BCUT2D eigenvalue weighted by Crippen LogP contribution is 2.72. The smallest absolute Gasteiger partial charge is 0.218 e. The Kier molecular flexibility index (Phi) is 2.90. The summed E-state index contributed by atoms with van der Waals surface area (Å²) in [5.74, 6) is 0.945. The van der Waals surface area contributed by atoms with Crippen LogP contribution in [0.3, 0.4) is 0 Å². The third-order valence-electron chi connectivity index (χ3n) is 8.24. The Morgan fingerprint density at radius 1 is 1.44 bits per heavy atom. The molecule has 1 amide bonds. The largest absolute Gasteiger partial charge is 0.372 e. The molecule has 3 saturated heterocycles. The summed E-state index contributed by atoms with van der Waals surface area (Å²) in [6, 6.07) is 8.90. The van der Waals surface area contributed by atoms with Gasteiger partial charge in [0.25, 0.3) is 0 Å². The number of aliphatic imine (C=N–C) groups is 1. The Labute approximate surface area is 159 Å². The van der Waals surface area contributed by atoms with Crippen LogP contribution in [0.1, 0.15) is 25.3 Å². The van der Waals surface area contributed by atoms with Gasteiger partial charge in [0.05, 0.1) is 35.7 Å². The molecule has 5 heteroatoms. The molecule has 4 heterocycles. The first-order chi connectivity index (χ1) is 13.0. The van der Waals surface area contributed by atoms with Gasteiger partial charge in [-0.05, 0) is 37.4 Å². The second kappa shape index (κ2) is 4.89. The van der Waals surface area contributed by atoms with Gasteiger partial charge in [0, 0.05) is 24.3 Å². The highest BCUT2D eigenvalue weighted by Gasteiger charge is 2.77. The van der Waals surface area contributed by atoms with Crippen molar-refractivity contribution in [1.82, 2.24) is 10.2 Å². The SMILES string of the molecule is C=C[C@]12[C@@H]3C[C@H]4OCC3[C@@H](C[C@]13C4=Nc1ccccc13)N(C)[C@H]2NC(C)=O. The fraction of sp³-hybridized carbons (Fsp3) is 0.545. The fourth-order valence-electron chi connectivity index (χ4n) is 7.47. The van der Waals surface area contributed by atoms with Gasteiger partial charge in [0.2, 0.25) is 5.91 Å². The second-order valence-corrected chi connectivity index (χ2v) is 8.92. The van der Waals surface area contributed by atoms with Crippen LogP contribution in [0.5, 0.6) is 0 Å². The van der Waals surface area contributed by atoms with Gasteiger partial charge < -0.3 is 10.1 Å². The molecule has 27 heavy (non-hydrogen) atoms. The molecule has 5 fully saturated rings. The minimum Gasteiger partial charge on any atom is -0.372 e. The number of amides is 1. The van der Waals surface area contributed by atoms with E-state index in [1.165, 1.54) is 11.3 Å². The van der Waals surface area contributed by atoms with E-state index < -0.39 is 0 Å². The van der Waals surface area contributed by atoms with Gasteiger partial charge in [-0.25, -0.2) is 0 Å². The van der Waals surface area contributed by atoms with Crippen molar-refractivity contribution in [3.8, 4) is 0 Å². The van der Waals surface area contributed by atoms with Crippen molar-refractivity contribution < 1.29 is 9.53 Å². The van der Waals surface area contributed by atoms with Crippen molar-refractivity contribution in [2.75, 3.05) is 13.7 Å². The molecule has 1 aromatic rings. The van der Waals surface area contributed by atoms with Crippen LogP contribution in [0.2, 0.25) is 0 Å². The van der Waals surface area contributed by atoms with E-state index in [4.69, 9.17) is 9.73 Å². The number of hydrogen-bond acceptors (Lipinski definition) is 4. The van der Waals surface area contributed by atoms with Gasteiger partial charge >= 0.3 is 0 Å². The molecule has 7 atom stereocenters. The molecule has 1 aromatic carbocycles. The third-order valence-corrected chi connectivity index (χ3v) is 8.24. The molecule has 0 radical (unpaired) electrons. The lowest BCUT2D eigenvalue weighted by Crippen LogP contribution is -2.84. The zero-order chi connectivity index (χ0) is 18.6. The Hall–Kier alpha value is -1.98. The van der Waals surface area contributed by atoms with Gasteiger partial charge in [-0.3, -0.25) is 14.7 Å². The molecule has 1 spiro atoms. The van der Waals surface area contributed by atoms with Crippen LogP contribution in [0.25, 0.3) is 0 Å². The first kappa shape index (κ1) is 16.0. The average Bonchev–Trinajstić information content (AvgIpc) is 2.98. The molecule has 5 bridgehead atoms. The zero-order valence-corrected chi connectivity index (χ0v) is 15.8. The Morgan fingerprint density at radius 2 is 2.26 bits per heavy atom. The molecular formula is C22H25N3O2. The molecule has 2 saturated carbocycles. The molecule has 2 aliphatic carbocycles. The molecule has 5 nitrogen and oxygen atoms in total. The summed E-state index contributed by atoms with van der Waals surface area (Å²) in [6.45, 7) is 6.76. The first-order valence-corrected chi connectivity index (χ1v) is 9.97. The van der Waals surface area contributed by atoms with Crippen molar-refractivity contribution in [2.24, 2.45) is 22.2 Å². The lowest BCUT2D eigenvalue weighted by atomic mass is 9.36. The van der Waals surface area contributed by atoms with Gasteiger partial charge in [-0.2, -0.15) is 0 Å². The Balaban J connectivity index is 1.68. The van der Waals surface area contributed by atoms with E-state index >= 15 is 0 Å². The van der Waals surface area contributed by atoms with Gasteiger partial charge in [0.15, 0.2) is 0 Å². The molecule has 140 valence electrons. The molecule has 1 unspecified atom stereocenters. The second-order valence-electron chi connectivity index (χ2n) is 8.92. The Bertz CT molecular complexity index is 911. The standard InChI is InChI=1S/C22H25N3O2/c1-4-21-15-9-18-19-22(21,14-7-5-6-8-16(14)24-19)10-17(13(15)11-27-18)25(3)20(21)23-12(2)26/h4-8,13,15,17-18,20H,1,9-11H2,2-3H3,(H,23,26)/t13?,15-,17-,18-,20-,21-,22+/m1/s1. The summed E-state index contributed by atoms with van der Waals surface area (Å²) in [5.41, 5.74) is 3.05. The average molecular weight is 363 g/mol. The quantitative estimate of drug-likeness (QED) is 0.821. The molecule has 6 aliphatic rings. The number of hydrogen-bond donors (Lipinski definition) is 1. The highest BCUT2D eigenvalue weighted by atomic mass is 16.5. The van der Waals surface area contributed by atoms with Crippen LogP contribution in [0.15, 0.2) is 41.9 Å². The summed E-state index contributed by atoms with van der Waals surface area (Å²) in [7, 11) is 2.15. The summed E-state index contributed by atoms with van der Waals surface area (Å²) in [4.78, 5) is 19.7. The van der Waals surface area contributed by atoms with Gasteiger partial charge in [0.1, 0.15) is 0 Å². The number of benzene rings is 1. The van der Waals surface area contributed by atoms with Crippen LogP contribution in [-0.4, -0.2) is 48.5 Å². The maximum Gasteiger partial charge on any atom is 0.218 e. The lowest BCUT2D eigenvalue weighted by Gasteiger charge is -2.74. The summed E-state index contributed by atoms with van der Waals surface area (Å²) < 4.78 is 6.35. The molecule has 7 rings (SSSR count). The van der Waals surface area contributed by atoms with E-state index in [9.17, 15) is 4.79 Å². The van der Waals surface area contributed by atoms with Crippen molar-refractivity contribution in [1.29, 1.82) is 0 Å². The lowest BCUT2D eigenvalue weighted by molar-refractivity contribution is -0.222. The number of carbonyl (C=O) groups is 1. The summed E-state index contributed by atoms with van der Waals surface area (Å²) in [5, 5.41) is 3.30. The van der Waals surface area contributed by atoms with Crippen molar-refractivity contribution in [2.45, 2.75) is 43.5 Å². The minimum absolute atomic E-state index is 0.0151. The van der Waals surface area contributed by atoms with E-state index in [2.05, 4.69) is 54.2 Å². The van der Waals surface area contributed by atoms with E-state index in [1.54, 1.807) is 6.92 Å². The molecule has 1 N–H and O–H groups in total. The predicted molar refractivity (Wildman–Crippen MR) is 103 cm³/mol. The number of carbonyl (C=O) groups excluding carboxylic acids is 1. The summed E-state index contributed by atoms with van der Waals surface area (Å²) >= 11 is 0. The summed E-state index contributed by atoms with van der Waals surface area (Å²) in [6.07, 6.45) is 4.20. The molecule has 4 aliphatic heterocycles. The van der Waals surface area contributed by atoms with Crippen LogP contribution in [-0.2, 0) is 14.9 Å². The predicted octanol–water partition coefficient (Wildman–Crippen LogP) is 2.40. The van der Waals surface area contributed by atoms with E-state index in [-0.39, 0.29) is 29.0 Å². The number of nitrogens with one attached hydrogen (secondary N) is 1. The number of piperidine rings is 2. The van der Waals surface area contributed by atoms with Crippen LogP contribution in [0, 0.1) is 17.3 Å². The van der Waals surface area contributed by atoms with Crippen molar-refractivity contribution >= 4 is 17.3 Å². The van der Waals surface area contributed by atoms with Crippen LogP contribution >= 0.6 is 0 Å². The van der Waals surface area contributed by atoms with Crippen LogP contribution in [0.4, 0.5) is 5.69 Å². The third kappa shape index (κ3) is 1.54. The number of rotatable bonds is 2. The zero-order valence-electron chi connectivity index (χ0n) is 15.8. The maximum absolute atomic E-state index is 12.2. The molecule has 0 aromatic heterocycles.